The van der Waals surface area contributed by atoms with Crippen LogP contribution in [0.25, 0.3) is 10.4 Å². The van der Waals surface area contributed by atoms with Crippen molar-refractivity contribution in [2.24, 2.45) is 22.4 Å². The molecule has 0 aliphatic heterocycles. The second-order valence-corrected chi connectivity index (χ2v) is 13.6. The molecular formula is C23H38ClN3O2S. The summed E-state index contributed by atoms with van der Waals surface area (Å²) in [7, 11) is 0. The number of benzene rings is 1. The Kier molecular flexibility index (Phi) is 9.59. The molecule has 30 heavy (non-hydrogen) atoms. The third kappa shape index (κ3) is 6.80. The van der Waals surface area contributed by atoms with Crippen LogP contribution in [0, 0.1) is 17.3 Å². The molecular weight excluding hydrogens is 418 g/mol. The Morgan fingerprint density at radius 2 is 1.80 bits per heavy atom. The highest BCUT2D eigenvalue weighted by molar-refractivity contribution is 7.93. The number of rotatable bonds is 9. The summed E-state index contributed by atoms with van der Waals surface area (Å²) in [6.45, 7) is 16.4. The number of aliphatic hydroxyl groups excluding tert-OH is 1. The molecule has 0 bridgehead atoms. The third-order valence-electron chi connectivity index (χ3n) is 5.74. The molecule has 0 spiro atoms. The first-order valence-electron chi connectivity index (χ1n) is 10.5. The van der Waals surface area contributed by atoms with E-state index in [1.54, 1.807) is 0 Å². The minimum Gasteiger partial charge on any atom is -0.615 e. The first-order valence-corrected chi connectivity index (χ1v) is 12.0. The van der Waals surface area contributed by atoms with Crippen LogP contribution in [-0.4, -0.2) is 27.6 Å². The topological polar surface area (TPSA) is 92.1 Å². The average Bonchev–Trinajstić information content (AvgIpc) is 2.63. The molecule has 0 heterocycles. The maximum Gasteiger partial charge on any atom is 0.153 e. The molecule has 0 fully saturated rings. The number of azide groups is 1. The van der Waals surface area contributed by atoms with Gasteiger partial charge in [0, 0.05) is 28.0 Å². The number of halogens is 1. The van der Waals surface area contributed by atoms with Crippen LogP contribution in [0.4, 0.5) is 0 Å². The van der Waals surface area contributed by atoms with Crippen molar-refractivity contribution in [3.63, 3.8) is 0 Å². The summed E-state index contributed by atoms with van der Waals surface area (Å²) in [6.07, 6.45) is 1.89. The second-order valence-electron chi connectivity index (χ2n) is 10.5. The second kappa shape index (κ2) is 10.6. The predicted octanol–water partition coefficient (Wildman–Crippen LogP) is 6.64. The zero-order chi connectivity index (χ0) is 23.3. The zero-order valence-electron chi connectivity index (χ0n) is 19.7. The number of hydrogen-bond donors (Lipinski definition) is 1. The fraction of sp³-hybridized carbons (Fsp3) is 0.739. The van der Waals surface area contributed by atoms with Gasteiger partial charge in [-0.1, -0.05) is 56.5 Å². The van der Waals surface area contributed by atoms with E-state index in [2.05, 4.69) is 30.8 Å². The summed E-state index contributed by atoms with van der Waals surface area (Å²) < 4.78 is 12.4. The van der Waals surface area contributed by atoms with Gasteiger partial charge >= 0.3 is 0 Å². The SMILES string of the molecule is CC(CN=[N+]=[N-])C(CO)[C@](C)(c1ccc(CCC(C)(C)C)c(Cl)c1)[S@@+]([O-])C(C)(C)C. The summed E-state index contributed by atoms with van der Waals surface area (Å²) >= 11 is 5.33. The van der Waals surface area contributed by atoms with E-state index in [1.165, 1.54) is 0 Å². The molecule has 0 aliphatic carbocycles. The average molecular weight is 456 g/mol. The molecule has 0 aliphatic rings. The Balaban J connectivity index is 3.48. The van der Waals surface area contributed by atoms with Gasteiger partial charge in [-0.25, -0.2) is 0 Å². The highest BCUT2D eigenvalue weighted by Gasteiger charge is 2.52. The molecule has 0 saturated carbocycles. The van der Waals surface area contributed by atoms with Gasteiger partial charge in [0.2, 0.25) is 0 Å². The molecule has 0 radical (unpaired) electrons. The molecule has 0 saturated heterocycles. The number of aryl methyl sites for hydroxylation is 1. The van der Waals surface area contributed by atoms with Gasteiger partial charge in [0.25, 0.3) is 0 Å². The number of nitrogens with zero attached hydrogens (tertiary/aromatic N) is 3. The maximum absolute atomic E-state index is 13.8. The van der Waals surface area contributed by atoms with Crippen molar-refractivity contribution in [2.75, 3.05) is 13.2 Å². The summed E-state index contributed by atoms with van der Waals surface area (Å²) in [5, 5.41) is 14.7. The van der Waals surface area contributed by atoms with Crippen molar-refractivity contribution in [1.82, 2.24) is 0 Å². The van der Waals surface area contributed by atoms with E-state index in [0.717, 1.165) is 24.0 Å². The summed E-state index contributed by atoms with van der Waals surface area (Å²) in [6, 6.07) is 5.93. The first-order chi connectivity index (χ1) is 13.7. The molecule has 1 aromatic rings. The molecule has 170 valence electrons. The van der Waals surface area contributed by atoms with Crippen LogP contribution in [0.15, 0.2) is 23.3 Å². The van der Waals surface area contributed by atoms with Gasteiger partial charge in [-0.3, -0.25) is 0 Å². The zero-order valence-corrected chi connectivity index (χ0v) is 21.3. The fourth-order valence-electron chi connectivity index (χ4n) is 3.85. The molecule has 5 nitrogen and oxygen atoms in total. The third-order valence-corrected chi connectivity index (χ3v) is 8.51. The minimum atomic E-state index is -1.33. The van der Waals surface area contributed by atoms with E-state index in [0.29, 0.717) is 5.02 Å². The molecule has 0 amide bonds. The lowest BCUT2D eigenvalue weighted by Crippen LogP contribution is -2.51. The van der Waals surface area contributed by atoms with Crippen molar-refractivity contribution >= 4 is 22.8 Å². The normalized spacial score (nSPS) is 17.6. The predicted molar refractivity (Wildman–Crippen MR) is 128 cm³/mol. The van der Waals surface area contributed by atoms with Crippen LogP contribution in [0.3, 0.4) is 0 Å². The van der Waals surface area contributed by atoms with Crippen molar-refractivity contribution < 1.29 is 9.66 Å². The van der Waals surface area contributed by atoms with Crippen molar-refractivity contribution in [3.8, 4) is 0 Å². The van der Waals surface area contributed by atoms with Crippen LogP contribution in [0.1, 0.15) is 72.9 Å². The van der Waals surface area contributed by atoms with Crippen molar-refractivity contribution in [3.05, 3.63) is 44.8 Å². The van der Waals surface area contributed by atoms with Crippen LogP contribution in [0.2, 0.25) is 5.02 Å². The van der Waals surface area contributed by atoms with Crippen LogP contribution in [0.5, 0.6) is 0 Å². The fourth-order valence-corrected chi connectivity index (χ4v) is 6.32. The lowest BCUT2D eigenvalue weighted by Gasteiger charge is -2.45. The summed E-state index contributed by atoms with van der Waals surface area (Å²) in [4.78, 5) is 2.85. The van der Waals surface area contributed by atoms with Gasteiger partial charge in [0.1, 0.15) is 4.75 Å². The van der Waals surface area contributed by atoms with Gasteiger partial charge in [-0.05, 0) is 80.2 Å². The van der Waals surface area contributed by atoms with Gasteiger partial charge in [0.15, 0.2) is 4.75 Å². The Morgan fingerprint density at radius 3 is 2.23 bits per heavy atom. The maximum atomic E-state index is 13.8. The molecule has 0 aromatic heterocycles. The van der Waals surface area contributed by atoms with E-state index in [1.807, 2.05) is 52.8 Å². The standard InChI is InChI=1S/C23H38ClN3O2S/c1-16(14-26-27-25)19(15-28)23(8,30(29)22(5,6)7)18-10-9-17(20(24)13-18)11-12-21(2,3)4/h9-10,13,16,19,28H,11-12,14-15H2,1-8H3/t16?,19?,23-,30-/m0/s1. The van der Waals surface area contributed by atoms with E-state index < -0.39 is 20.7 Å². The largest absolute Gasteiger partial charge is 0.615 e. The van der Waals surface area contributed by atoms with Gasteiger partial charge < -0.3 is 9.66 Å². The highest BCUT2D eigenvalue weighted by atomic mass is 35.5. The number of hydrogen-bond acceptors (Lipinski definition) is 3. The van der Waals surface area contributed by atoms with Gasteiger partial charge in [0.05, 0.1) is 6.61 Å². The van der Waals surface area contributed by atoms with Gasteiger partial charge in [-0.15, -0.1) is 0 Å². The Hall–Kier alpha value is -0.910. The highest BCUT2D eigenvalue weighted by Crippen LogP contribution is 2.47. The quantitative estimate of drug-likeness (QED) is 0.195. The van der Waals surface area contributed by atoms with Crippen LogP contribution < -0.4 is 0 Å². The monoisotopic (exact) mass is 455 g/mol. The Morgan fingerprint density at radius 1 is 1.20 bits per heavy atom. The molecule has 4 atom stereocenters. The van der Waals surface area contributed by atoms with Crippen molar-refractivity contribution in [2.45, 2.75) is 77.7 Å². The van der Waals surface area contributed by atoms with Crippen LogP contribution in [-0.2, 0) is 22.3 Å². The number of aliphatic hydroxyl groups is 1. The molecule has 2 unspecified atom stereocenters. The lowest BCUT2D eigenvalue weighted by atomic mass is 9.78. The smallest absolute Gasteiger partial charge is 0.153 e. The minimum absolute atomic E-state index is 0.151. The van der Waals surface area contributed by atoms with E-state index in [9.17, 15) is 9.66 Å². The first kappa shape index (κ1) is 27.1. The molecule has 1 N–H and O–H groups in total. The molecule has 1 rings (SSSR count). The van der Waals surface area contributed by atoms with E-state index in [-0.39, 0.29) is 30.4 Å². The molecule has 1 aromatic carbocycles. The van der Waals surface area contributed by atoms with Crippen molar-refractivity contribution in [1.29, 1.82) is 0 Å². The van der Waals surface area contributed by atoms with Gasteiger partial charge in [-0.2, -0.15) is 0 Å². The lowest BCUT2D eigenvalue weighted by molar-refractivity contribution is 0.147. The molecule has 7 heteroatoms. The Labute approximate surface area is 190 Å². The summed E-state index contributed by atoms with van der Waals surface area (Å²) in [5.74, 6) is -0.513. The Bertz CT molecular complexity index is 754. The van der Waals surface area contributed by atoms with E-state index in [4.69, 9.17) is 17.1 Å². The van der Waals surface area contributed by atoms with Crippen LogP contribution >= 0.6 is 11.6 Å². The summed E-state index contributed by atoms with van der Waals surface area (Å²) in [5.41, 5.74) is 10.8. The van der Waals surface area contributed by atoms with E-state index >= 15 is 0 Å².